The smallest absolute Gasteiger partial charge is 0.115 e. The lowest BCUT2D eigenvalue weighted by molar-refractivity contribution is 0.0217. The van der Waals surface area contributed by atoms with Gasteiger partial charge in [0.05, 0.1) is 0 Å². The molecule has 1 aromatic carbocycles. The van der Waals surface area contributed by atoms with E-state index in [1.807, 2.05) is 12.1 Å². The highest BCUT2D eigenvalue weighted by atomic mass is 16.3. The van der Waals surface area contributed by atoms with E-state index in [1.54, 1.807) is 0 Å². The van der Waals surface area contributed by atoms with Crippen molar-refractivity contribution < 1.29 is 5.11 Å². The van der Waals surface area contributed by atoms with Crippen molar-refractivity contribution in [1.29, 1.82) is 0 Å². The molecule has 3 heteroatoms. The van der Waals surface area contributed by atoms with Gasteiger partial charge in [0, 0.05) is 31.2 Å². The largest absolute Gasteiger partial charge is 0.508 e. The predicted molar refractivity (Wildman–Crippen MR) is 84.5 cm³/mol. The van der Waals surface area contributed by atoms with E-state index >= 15 is 0 Å². The lowest BCUT2D eigenvalue weighted by atomic mass is 9.85. The van der Waals surface area contributed by atoms with Crippen LogP contribution < -0.4 is 0 Å². The Balaban J connectivity index is 1.62. The van der Waals surface area contributed by atoms with E-state index in [-0.39, 0.29) is 0 Å². The third kappa shape index (κ3) is 2.36. The fourth-order valence-corrected chi connectivity index (χ4v) is 4.76. The van der Waals surface area contributed by atoms with Gasteiger partial charge in [0.1, 0.15) is 5.75 Å². The van der Waals surface area contributed by atoms with Gasteiger partial charge in [-0.05, 0) is 68.8 Å². The molecule has 3 nitrogen and oxygen atoms in total. The van der Waals surface area contributed by atoms with Crippen LogP contribution in [0.2, 0.25) is 0 Å². The molecule has 0 saturated carbocycles. The van der Waals surface area contributed by atoms with Gasteiger partial charge in [-0.3, -0.25) is 9.80 Å². The van der Waals surface area contributed by atoms with Crippen LogP contribution in [0.1, 0.15) is 49.8 Å². The molecule has 2 saturated heterocycles. The lowest BCUT2D eigenvalue weighted by Gasteiger charge is -2.47. The quantitative estimate of drug-likeness (QED) is 0.860. The third-order valence-electron chi connectivity index (χ3n) is 5.80. The zero-order chi connectivity index (χ0) is 14.4. The number of nitrogens with zero attached hydrogens (tertiary/aromatic N) is 2. The van der Waals surface area contributed by atoms with Gasteiger partial charge < -0.3 is 5.11 Å². The topological polar surface area (TPSA) is 26.7 Å². The number of piperazine rings is 1. The summed E-state index contributed by atoms with van der Waals surface area (Å²) in [6.07, 6.45) is 6.39. The van der Waals surface area contributed by atoms with Crippen molar-refractivity contribution in [3.05, 3.63) is 29.3 Å². The number of fused-ring (bicyclic) bond motifs is 2. The lowest BCUT2D eigenvalue weighted by Crippen LogP contribution is -2.56. The number of hydrogen-bond acceptors (Lipinski definition) is 3. The molecule has 0 aromatic heterocycles. The molecule has 4 rings (SSSR count). The highest BCUT2D eigenvalue weighted by Gasteiger charge is 2.38. The molecule has 21 heavy (non-hydrogen) atoms. The van der Waals surface area contributed by atoms with Crippen molar-refractivity contribution in [2.24, 2.45) is 0 Å². The second-order valence-electron chi connectivity index (χ2n) is 7.13. The van der Waals surface area contributed by atoms with Crippen LogP contribution in [-0.2, 0) is 6.42 Å². The Kier molecular flexibility index (Phi) is 3.43. The molecule has 0 bridgehead atoms. The Morgan fingerprint density at radius 1 is 1.14 bits per heavy atom. The van der Waals surface area contributed by atoms with E-state index in [2.05, 4.69) is 22.8 Å². The van der Waals surface area contributed by atoms with Crippen LogP contribution >= 0.6 is 0 Å². The molecule has 2 fully saturated rings. The van der Waals surface area contributed by atoms with Crippen LogP contribution in [0.25, 0.3) is 0 Å². The molecule has 2 heterocycles. The summed E-state index contributed by atoms with van der Waals surface area (Å²) in [6.45, 7) is 6.15. The minimum atomic E-state index is 0.420. The molecule has 2 aliphatic heterocycles. The summed E-state index contributed by atoms with van der Waals surface area (Å²) in [5.74, 6) is 0.420. The molecule has 0 amide bonds. The average molecular weight is 286 g/mol. The molecule has 1 N–H and O–H groups in total. The van der Waals surface area contributed by atoms with E-state index in [0.29, 0.717) is 17.8 Å². The van der Waals surface area contributed by atoms with Crippen LogP contribution in [0, 0.1) is 0 Å². The summed E-state index contributed by atoms with van der Waals surface area (Å²) in [4.78, 5) is 5.45. The molecule has 114 valence electrons. The Morgan fingerprint density at radius 3 is 2.95 bits per heavy atom. The SMILES string of the molecule is CC1CN2CCCC2CN1C1CCCc2cc(O)ccc21. The molecule has 0 spiro atoms. The van der Waals surface area contributed by atoms with Crippen LogP contribution in [0.4, 0.5) is 0 Å². The number of benzene rings is 1. The maximum absolute atomic E-state index is 9.74. The maximum atomic E-state index is 9.74. The second-order valence-corrected chi connectivity index (χ2v) is 7.13. The van der Waals surface area contributed by atoms with Gasteiger partial charge in [-0.1, -0.05) is 6.07 Å². The number of aryl methyl sites for hydroxylation is 1. The van der Waals surface area contributed by atoms with Crippen molar-refractivity contribution in [3.63, 3.8) is 0 Å². The first-order chi connectivity index (χ1) is 10.2. The standard InChI is InChI=1S/C18H26N2O/c1-13-11-19-9-3-5-15(19)12-20(13)18-6-2-4-14-10-16(21)7-8-17(14)18/h7-8,10,13,15,18,21H,2-6,9,11-12H2,1H3. The Labute approximate surface area is 127 Å². The minimum Gasteiger partial charge on any atom is -0.508 e. The summed E-state index contributed by atoms with van der Waals surface area (Å²) >= 11 is 0. The fraction of sp³-hybridized carbons (Fsp3) is 0.667. The summed E-state index contributed by atoms with van der Waals surface area (Å²) in [5, 5.41) is 9.74. The van der Waals surface area contributed by atoms with Crippen molar-refractivity contribution in [2.75, 3.05) is 19.6 Å². The highest BCUT2D eigenvalue weighted by molar-refractivity contribution is 5.38. The van der Waals surface area contributed by atoms with Crippen LogP contribution in [-0.4, -0.2) is 46.6 Å². The predicted octanol–water partition coefficient (Wildman–Crippen LogP) is 2.94. The normalized spacial score (nSPS) is 33.7. The van der Waals surface area contributed by atoms with Gasteiger partial charge in [-0.15, -0.1) is 0 Å². The second kappa shape index (κ2) is 5.29. The van der Waals surface area contributed by atoms with Gasteiger partial charge >= 0.3 is 0 Å². The fourth-order valence-electron chi connectivity index (χ4n) is 4.76. The van der Waals surface area contributed by atoms with E-state index < -0.39 is 0 Å². The first-order valence-corrected chi connectivity index (χ1v) is 8.54. The highest BCUT2D eigenvalue weighted by Crippen LogP contribution is 2.39. The van der Waals surface area contributed by atoms with Crippen molar-refractivity contribution >= 4 is 0 Å². The zero-order valence-corrected chi connectivity index (χ0v) is 13.0. The first kappa shape index (κ1) is 13.6. The molecular weight excluding hydrogens is 260 g/mol. The van der Waals surface area contributed by atoms with Gasteiger partial charge in [0.25, 0.3) is 0 Å². The van der Waals surface area contributed by atoms with E-state index in [1.165, 1.54) is 56.4 Å². The molecule has 1 aromatic rings. The Hall–Kier alpha value is -1.06. The molecule has 0 radical (unpaired) electrons. The monoisotopic (exact) mass is 286 g/mol. The average Bonchev–Trinajstić information content (AvgIpc) is 2.92. The molecular formula is C18H26N2O. The summed E-state index contributed by atoms with van der Waals surface area (Å²) in [5.41, 5.74) is 2.84. The maximum Gasteiger partial charge on any atom is 0.115 e. The first-order valence-electron chi connectivity index (χ1n) is 8.54. The number of hydrogen-bond donors (Lipinski definition) is 1. The van der Waals surface area contributed by atoms with E-state index in [4.69, 9.17) is 0 Å². The number of rotatable bonds is 1. The molecule has 3 unspecified atom stereocenters. The summed E-state index contributed by atoms with van der Waals surface area (Å²) < 4.78 is 0. The number of phenols is 1. The van der Waals surface area contributed by atoms with Gasteiger partial charge in [0.2, 0.25) is 0 Å². The Morgan fingerprint density at radius 2 is 2.05 bits per heavy atom. The van der Waals surface area contributed by atoms with Crippen LogP contribution in [0.3, 0.4) is 0 Å². The Bertz CT molecular complexity index is 530. The van der Waals surface area contributed by atoms with E-state index in [0.717, 1.165) is 12.5 Å². The van der Waals surface area contributed by atoms with E-state index in [9.17, 15) is 5.11 Å². The molecule has 1 aliphatic carbocycles. The van der Waals surface area contributed by atoms with Gasteiger partial charge in [-0.25, -0.2) is 0 Å². The van der Waals surface area contributed by atoms with Crippen molar-refractivity contribution in [2.45, 2.75) is 57.2 Å². The van der Waals surface area contributed by atoms with Gasteiger partial charge in [0.15, 0.2) is 0 Å². The van der Waals surface area contributed by atoms with Crippen molar-refractivity contribution in [3.8, 4) is 5.75 Å². The zero-order valence-electron chi connectivity index (χ0n) is 13.0. The third-order valence-corrected chi connectivity index (χ3v) is 5.80. The summed E-state index contributed by atoms with van der Waals surface area (Å²) in [7, 11) is 0. The molecule has 3 aliphatic rings. The van der Waals surface area contributed by atoms with Crippen LogP contribution in [0.15, 0.2) is 18.2 Å². The van der Waals surface area contributed by atoms with Crippen molar-refractivity contribution in [1.82, 2.24) is 9.80 Å². The molecule has 3 atom stereocenters. The summed E-state index contributed by atoms with van der Waals surface area (Å²) in [6, 6.07) is 8.01. The van der Waals surface area contributed by atoms with Crippen LogP contribution in [0.5, 0.6) is 5.75 Å². The minimum absolute atomic E-state index is 0.420. The number of aromatic hydroxyl groups is 1. The number of phenolic OH excluding ortho intramolecular Hbond substituents is 1. The van der Waals surface area contributed by atoms with Gasteiger partial charge in [-0.2, -0.15) is 0 Å².